The van der Waals surface area contributed by atoms with Crippen LogP contribution in [0.1, 0.15) is 40.8 Å². The highest BCUT2D eigenvalue weighted by atomic mass is 32.1. The zero-order valence-electron chi connectivity index (χ0n) is 17.5. The van der Waals surface area contributed by atoms with E-state index in [1.54, 1.807) is 23.0 Å². The number of benzene rings is 1. The zero-order valence-corrected chi connectivity index (χ0v) is 18.3. The first kappa shape index (κ1) is 20.8. The van der Waals surface area contributed by atoms with Gasteiger partial charge in [0, 0.05) is 17.5 Å². The lowest BCUT2D eigenvalue weighted by Crippen LogP contribution is -2.22. The summed E-state index contributed by atoms with van der Waals surface area (Å²) in [4.78, 5) is 26.1. The van der Waals surface area contributed by atoms with Crippen LogP contribution in [0.25, 0.3) is 10.2 Å². The lowest BCUT2D eigenvalue weighted by Gasteiger charge is -2.11. The van der Waals surface area contributed by atoms with Gasteiger partial charge in [-0.1, -0.05) is 30.3 Å². The molecule has 3 aromatic heterocycles. The number of thiophene rings is 1. The SMILES string of the molecule is Cc1nn(Cc2ccccc2)c2sc(C(=O)OCC(=O)Nc3ccnn3C(C)C)cc12. The number of hydrogen-bond acceptors (Lipinski definition) is 6. The van der Waals surface area contributed by atoms with E-state index < -0.39 is 11.9 Å². The average Bonchev–Trinajstić information content (AvgIpc) is 3.45. The fourth-order valence-electron chi connectivity index (χ4n) is 3.28. The maximum Gasteiger partial charge on any atom is 0.348 e. The van der Waals surface area contributed by atoms with Crippen LogP contribution in [-0.4, -0.2) is 38.0 Å². The molecule has 8 nitrogen and oxygen atoms in total. The molecule has 0 saturated carbocycles. The number of hydrogen-bond donors (Lipinski definition) is 1. The Balaban J connectivity index is 1.42. The van der Waals surface area contributed by atoms with Gasteiger partial charge in [0.15, 0.2) is 6.61 Å². The molecule has 31 heavy (non-hydrogen) atoms. The maximum atomic E-state index is 12.5. The van der Waals surface area contributed by atoms with Crippen molar-refractivity contribution in [2.75, 3.05) is 11.9 Å². The number of nitrogens with one attached hydrogen (secondary N) is 1. The minimum atomic E-state index is -0.528. The Morgan fingerprint density at radius 3 is 2.71 bits per heavy atom. The second-order valence-electron chi connectivity index (χ2n) is 7.44. The summed E-state index contributed by atoms with van der Waals surface area (Å²) in [5.74, 6) is -0.378. The van der Waals surface area contributed by atoms with Crippen LogP contribution < -0.4 is 5.32 Å². The van der Waals surface area contributed by atoms with Crippen LogP contribution in [0.4, 0.5) is 5.82 Å². The molecule has 160 valence electrons. The molecule has 0 atom stereocenters. The quantitative estimate of drug-likeness (QED) is 0.441. The molecule has 0 saturated heterocycles. The van der Waals surface area contributed by atoms with Crippen molar-refractivity contribution >= 4 is 39.2 Å². The van der Waals surface area contributed by atoms with Crippen molar-refractivity contribution in [1.82, 2.24) is 19.6 Å². The van der Waals surface area contributed by atoms with Gasteiger partial charge in [-0.3, -0.25) is 9.48 Å². The number of aryl methyl sites for hydroxylation is 1. The normalized spacial score (nSPS) is 11.2. The van der Waals surface area contributed by atoms with E-state index in [-0.39, 0.29) is 12.6 Å². The molecular formula is C22H23N5O3S. The van der Waals surface area contributed by atoms with Crippen molar-refractivity contribution in [3.8, 4) is 0 Å². The molecule has 1 amide bonds. The summed E-state index contributed by atoms with van der Waals surface area (Å²) in [5.41, 5.74) is 1.97. The number of rotatable bonds is 7. The molecule has 0 aliphatic rings. The van der Waals surface area contributed by atoms with E-state index >= 15 is 0 Å². The zero-order chi connectivity index (χ0) is 22.0. The number of ether oxygens (including phenoxy) is 1. The minimum absolute atomic E-state index is 0.102. The van der Waals surface area contributed by atoms with Gasteiger partial charge in [-0.25, -0.2) is 9.48 Å². The summed E-state index contributed by atoms with van der Waals surface area (Å²) in [5, 5.41) is 12.4. The lowest BCUT2D eigenvalue weighted by molar-refractivity contribution is -0.119. The van der Waals surface area contributed by atoms with E-state index in [0.717, 1.165) is 21.5 Å². The number of aromatic nitrogens is 4. The molecule has 0 spiro atoms. The van der Waals surface area contributed by atoms with Crippen LogP contribution in [0.15, 0.2) is 48.7 Å². The van der Waals surface area contributed by atoms with Crippen molar-refractivity contribution in [2.24, 2.45) is 0 Å². The highest BCUT2D eigenvalue weighted by molar-refractivity contribution is 7.20. The lowest BCUT2D eigenvalue weighted by atomic mass is 10.2. The molecule has 4 rings (SSSR count). The van der Waals surface area contributed by atoms with Crippen molar-refractivity contribution < 1.29 is 14.3 Å². The van der Waals surface area contributed by atoms with Gasteiger partial charge in [-0.2, -0.15) is 10.2 Å². The second-order valence-corrected chi connectivity index (χ2v) is 8.47. The van der Waals surface area contributed by atoms with E-state index in [1.807, 2.05) is 55.8 Å². The number of carbonyl (C=O) groups excluding carboxylic acids is 2. The number of amides is 1. The van der Waals surface area contributed by atoms with Gasteiger partial charge in [-0.15, -0.1) is 11.3 Å². The standard InChI is InChI=1S/C22H23N5O3S/c1-14(2)27-19(9-10-23-27)24-20(28)13-30-22(29)18-11-17-15(3)25-26(21(17)31-18)12-16-7-5-4-6-8-16/h4-11,14H,12-13H2,1-3H3,(H,24,28). The third-order valence-electron chi connectivity index (χ3n) is 4.75. The monoisotopic (exact) mass is 437 g/mol. The van der Waals surface area contributed by atoms with Crippen molar-refractivity contribution in [3.05, 3.63) is 64.8 Å². The number of esters is 1. The van der Waals surface area contributed by atoms with Gasteiger partial charge in [0.1, 0.15) is 15.5 Å². The number of fused-ring (bicyclic) bond motifs is 1. The number of anilines is 1. The molecule has 1 N–H and O–H groups in total. The van der Waals surface area contributed by atoms with E-state index in [0.29, 0.717) is 17.2 Å². The Kier molecular flexibility index (Phi) is 5.85. The molecule has 0 unspecified atom stereocenters. The summed E-state index contributed by atoms with van der Waals surface area (Å²) in [6.07, 6.45) is 1.61. The topological polar surface area (TPSA) is 91.0 Å². The minimum Gasteiger partial charge on any atom is -0.451 e. The molecule has 0 aliphatic carbocycles. The van der Waals surface area contributed by atoms with Gasteiger partial charge >= 0.3 is 5.97 Å². The Morgan fingerprint density at radius 2 is 1.97 bits per heavy atom. The first-order chi connectivity index (χ1) is 14.9. The maximum absolute atomic E-state index is 12.5. The third kappa shape index (κ3) is 4.51. The molecule has 9 heteroatoms. The van der Waals surface area contributed by atoms with Crippen molar-refractivity contribution in [3.63, 3.8) is 0 Å². The summed E-state index contributed by atoms with van der Waals surface area (Å²) >= 11 is 1.32. The molecule has 0 bridgehead atoms. The van der Waals surface area contributed by atoms with Crippen molar-refractivity contribution in [1.29, 1.82) is 0 Å². The summed E-state index contributed by atoms with van der Waals surface area (Å²) in [7, 11) is 0. The Bertz CT molecular complexity index is 1220. The van der Waals surface area contributed by atoms with Gasteiger partial charge < -0.3 is 10.1 Å². The van der Waals surface area contributed by atoms with E-state index in [4.69, 9.17) is 4.74 Å². The van der Waals surface area contributed by atoms with E-state index in [9.17, 15) is 9.59 Å². The van der Waals surface area contributed by atoms with Gasteiger partial charge in [0.2, 0.25) is 0 Å². The van der Waals surface area contributed by atoms with Crippen molar-refractivity contribution in [2.45, 2.75) is 33.4 Å². The summed E-state index contributed by atoms with van der Waals surface area (Å²) < 4.78 is 8.81. The molecule has 3 heterocycles. The smallest absolute Gasteiger partial charge is 0.348 e. The fraction of sp³-hybridized carbons (Fsp3) is 0.273. The second kappa shape index (κ2) is 8.73. The van der Waals surface area contributed by atoms with Gasteiger partial charge in [0.25, 0.3) is 5.91 Å². The van der Waals surface area contributed by atoms with Crippen LogP contribution in [-0.2, 0) is 16.1 Å². The Hall–Kier alpha value is -3.46. The Morgan fingerprint density at radius 1 is 1.19 bits per heavy atom. The van der Waals surface area contributed by atoms with Gasteiger partial charge in [0.05, 0.1) is 18.4 Å². The highest BCUT2D eigenvalue weighted by Gasteiger charge is 2.19. The molecular weight excluding hydrogens is 414 g/mol. The van der Waals surface area contributed by atoms with Crippen LogP contribution in [0, 0.1) is 6.92 Å². The molecule has 0 radical (unpaired) electrons. The predicted molar refractivity (Wildman–Crippen MR) is 119 cm³/mol. The number of carbonyl (C=O) groups is 2. The first-order valence-electron chi connectivity index (χ1n) is 9.93. The average molecular weight is 438 g/mol. The van der Waals surface area contributed by atoms with Crippen LogP contribution in [0.5, 0.6) is 0 Å². The third-order valence-corrected chi connectivity index (χ3v) is 5.87. The Labute approximate surface area is 183 Å². The van der Waals surface area contributed by atoms with Crippen LogP contribution in [0.2, 0.25) is 0 Å². The summed E-state index contributed by atoms with van der Waals surface area (Å²) in [6, 6.07) is 13.6. The van der Waals surface area contributed by atoms with Crippen LogP contribution >= 0.6 is 11.3 Å². The molecule has 0 fully saturated rings. The molecule has 4 aromatic rings. The largest absolute Gasteiger partial charge is 0.451 e. The van der Waals surface area contributed by atoms with E-state index in [2.05, 4.69) is 15.5 Å². The number of nitrogens with zero attached hydrogens (tertiary/aromatic N) is 4. The summed E-state index contributed by atoms with van der Waals surface area (Å²) in [6.45, 7) is 6.09. The predicted octanol–water partition coefficient (Wildman–Crippen LogP) is 4.03. The fourth-order valence-corrected chi connectivity index (χ4v) is 4.34. The van der Waals surface area contributed by atoms with Crippen LogP contribution in [0.3, 0.4) is 0 Å². The van der Waals surface area contributed by atoms with E-state index in [1.165, 1.54) is 11.3 Å². The highest BCUT2D eigenvalue weighted by Crippen LogP contribution is 2.29. The molecule has 0 aliphatic heterocycles. The van der Waals surface area contributed by atoms with Gasteiger partial charge in [-0.05, 0) is 32.4 Å². The molecule has 1 aromatic carbocycles. The first-order valence-corrected chi connectivity index (χ1v) is 10.8.